The Morgan fingerprint density at radius 3 is 2.08 bits per heavy atom. The first kappa shape index (κ1) is 11.4. The van der Waals surface area contributed by atoms with Crippen LogP contribution in [0.4, 0.5) is 4.79 Å². The summed E-state index contributed by atoms with van der Waals surface area (Å²) < 4.78 is 4.26. The van der Waals surface area contributed by atoms with Gasteiger partial charge in [-0.1, -0.05) is 0 Å². The number of carbonyl (C=O) groups excluding carboxylic acids is 3. The van der Waals surface area contributed by atoms with Crippen LogP contribution in [0.2, 0.25) is 0 Å². The topological polar surface area (TPSA) is 72.5 Å². The van der Waals surface area contributed by atoms with Gasteiger partial charge in [0.1, 0.15) is 0 Å². The zero-order valence-electron chi connectivity index (χ0n) is 7.71. The van der Waals surface area contributed by atoms with Crippen LogP contribution >= 0.6 is 0 Å². The van der Waals surface area contributed by atoms with Gasteiger partial charge < -0.3 is 4.74 Å². The first-order chi connectivity index (χ1) is 5.97. The van der Waals surface area contributed by atoms with Crippen molar-refractivity contribution in [2.45, 2.75) is 13.8 Å². The number of amides is 1. The van der Waals surface area contributed by atoms with Crippen molar-refractivity contribution in [1.82, 2.24) is 5.32 Å². The number of ketones is 2. The number of nitrogens with one attached hydrogen (secondary N) is 1. The Bertz CT molecular complexity index is 267. The highest BCUT2D eigenvalue weighted by Gasteiger charge is 2.08. The van der Waals surface area contributed by atoms with Crippen molar-refractivity contribution < 1.29 is 19.1 Å². The molecule has 0 saturated carbocycles. The van der Waals surface area contributed by atoms with E-state index < -0.39 is 11.9 Å². The molecule has 5 heteroatoms. The Morgan fingerprint density at radius 2 is 1.77 bits per heavy atom. The maximum Gasteiger partial charge on any atom is 0.411 e. The number of hydrogen-bond donors (Lipinski definition) is 1. The molecule has 1 amide bonds. The summed E-state index contributed by atoms with van der Waals surface area (Å²) in [6, 6.07) is 0. The van der Waals surface area contributed by atoms with E-state index in [9.17, 15) is 14.4 Å². The number of methoxy groups -OCH3 is 1. The highest BCUT2D eigenvalue weighted by molar-refractivity contribution is 6.02. The Morgan fingerprint density at radius 1 is 1.23 bits per heavy atom. The van der Waals surface area contributed by atoms with Crippen LogP contribution < -0.4 is 5.32 Å². The smallest absolute Gasteiger partial charge is 0.411 e. The lowest BCUT2D eigenvalue weighted by molar-refractivity contribution is -0.115. The van der Waals surface area contributed by atoms with Crippen molar-refractivity contribution in [1.29, 1.82) is 0 Å². The van der Waals surface area contributed by atoms with Gasteiger partial charge in [-0.05, 0) is 6.92 Å². The van der Waals surface area contributed by atoms with Crippen LogP contribution in [-0.2, 0) is 14.3 Å². The summed E-state index contributed by atoms with van der Waals surface area (Å²) >= 11 is 0. The second-order valence-corrected chi connectivity index (χ2v) is 2.34. The summed E-state index contributed by atoms with van der Waals surface area (Å²) in [7, 11) is 1.17. The Labute approximate surface area is 75.8 Å². The zero-order valence-corrected chi connectivity index (χ0v) is 7.71. The first-order valence-corrected chi connectivity index (χ1v) is 3.55. The van der Waals surface area contributed by atoms with Gasteiger partial charge in [-0.3, -0.25) is 14.9 Å². The monoisotopic (exact) mass is 185 g/mol. The second-order valence-electron chi connectivity index (χ2n) is 2.34. The Hall–Kier alpha value is -1.65. The highest BCUT2D eigenvalue weighted by Crippen LogP contribution is 1.92. The third kappa shape index (κ3) is 4.73. The van der Waals surface area contributed by atoms with Crippen LogP contribution in [0.1, 0.15) is 13.8 Å². The molecule has 0 saturated heterocycles. The number of carbonyl (C=O) groups is 3. The van der Waals surface area contributed by atoms with E-state index in [-0.39, 0.29) is 11.5 Å². The molecule has 0 aliphatic heterocycles. The minimum atomic E-state index is -0.775. The van der Waals surface area contributed by atoms with Crippen molar-refractivity contribution in [3.8, 4) is 0 Å². The molecule has 0 bridgehead atoms. The summed E-state index contributed by atoms with van der Waals surface area (Å²) in [6.45, 7) is 2.52. The molecule has 0 aromatic rings. The minimum absolute atomic E-state index is 0.0700. The van der Waals surface area contributed by atoms with Crippen LogP contribution in [0.3, 0.4) is 0 Å². The number of hydrogen-bond acceptors (Lipinski definition) is 4. The first-order valence-electron chi connectivity index (χ1n) is 3.55. The molecule has 0 radical (unpaired) electrons. The fraction of sp³-hybridized carbons (Fsp3) is 0.375. The standard InChI is InChI=1S/C8H11NO4/c1-5(10)4-7(6(2)11)9-8(12)13-3/h4H,1-3H3,(H,9,12). The molecule has 0 spiro atoms. The number of allylic oxidation sites excluding steroid dienone is 2. The van der Waals surface area contributed by atoms with Crippen LogP contribution in [0.5, 0.6) is 0 Å². The molecule has 0 atom stereocenters. The highest BCUT2D eigenvalue weighted by atomic mass is 16.5. The maximum absolute atomic E-state index is 10.8. The molecule has 1 N–H and O–H groups in total. The number of alkyl carbamates (subject to hydrolysis) is 1. The van der Waals surface area contributed by atoms with Crippen LogP contribution in [-0.4, -0.2) is 24.8 Å². The van der Waals surface area contributed by atoms with E-state index in [2.05, 4.69) is 10.1 Å². The molecule has 0 aliphatic rings. The Kier molecular flexibility index (Phi) is 4.43. The van der Waals surface area contributed by atoms with E-state index in [0.717, 1.165) is 6.08 Å². The summed E-state index contributed by atoms with van der Waals surface area (Å²) in [6.07, 6.45) is 0.266. The normalized spacial score (nSPS) is 10.5. The van der Waals surface area contributed by atoms with E-state index in [1.54, 1.807) is 0 Å². The number of ether oxygens (including phenoxy) is 1. The lowest BCUT2D eigenvalue weighted by Crippen LogP contribution is -2.26. The van der Waals surface area contributed by atoms with Crippen LogP contribution in [0.25, 0.3) is 0 Å². The maximum atomic E-state index is 10.8. The third-order valence-electron chi connectivity index (χ3n) is 1.15. The van der Waals surface area contributed by atoms with Gasteiger partial charge in [0.25, 0.3) is 0 Å². The van der Waals surface area contributed by atoms with E-state index in [1.807, 2.05) is 0 Å². The van der Waals surface area contributed by atoms with Gasteiger partial charge in [0.05, 0.1) is 12.8 Å². The largest absolute Gasteiger partial charge is 0.453 e. The fourth-order valence-corrected chi connectivity index (χ4v) is 0.590. The second kappa shape index (κ2) is 5.08. The molecule has 0 unspecified atom stereocenters. The lowest BCUT2D eigenvalue weighted by Gasteiger charge is -2.03. The molecule has 0 heterocycles. The van der Waals surface area contributed by atoms with Gasteiger partial charge >= 0.3 is 6.09 Å². The van der Waals surface area contributed by atoms with Gasteiger partial charge in [0.15, 0.2) is 11.6 Å². The SMILES string of the molecule is COC(=O)NC(=CC(C)=O)C(C)=O. The lowest BCUT2D eigenvalue weighted by atomic mass is 10.2. The third-order valence-corrected chi connectivity index (χ3v) is 1.15. The average Bonchev–Trinajstić information content (AvgIpc) is 2.02. The molecular formula is C8H11NO4. The molecule has 5 nitrogen and oxygen atoms in total. The quantitative estimate of drug-likeness (QED) is 0.646. The van der Waals surface area contributed by atoms with Gasteiger partial charge in [-0.2, -0.15) is 0 Å². The molecule has 0 aromatic carbocycles. The molecule has 0 rings (SSSR count). The van der Waals surface area contributed by atoms with E-state index in [1.165, 1.54) is 21.0 Å². The number of rotatable bonds is 3. The molecule has 0 aromatic heterocycles. The van der Waals surface area contributed by atoms with Gasteiger partial charge in [0, 0.05) is 13.0 Å². The van der Waals surface area contributed by atoms with E-state index in [4.69, 9.17) is 0 Å². The number of Topliss-reactive ketones (excluding diaryl/α,β-unsaturated/α-hetero) is 1. The van der Waals surface area contributed by atoms with Gasteiger partial charge in [-0.25, -0.2) is 4.79 Å². The van der Waals surface area contributed by atoms with E-state index in [0.29, 0.717) is 0 Å². The van der Waals surface area contributed by atoms with Crippen molar-refractivity contribution >= 4 is 17.7 Å². The van der Waals surface area contributed by atoms with Crippen molar-refractivity contribution in [3.05, 3.63) is 11.8 Å². The average molecular weight is 185 g/mol. The Balaban J connectivity index is 4.54. The molecule has 0 fully saturated rings. The summed E-state index contributed by atoms with van der Waals surface area (Å²) in [5.74, 6) is -0.720. The molecule has 13 heavy (non-hydrogen) atoms. The fourth-order valence-electron chi connectivity index (χ4n) is 0.590. The molecular weight excluding hydrogens is 174 g/mol. The van der Waals surface area contributed by atoms with Gasteiger partial charge in [0.2, 0.25) is 0 Å². The summed E-state index contributed by atoms with van der Waals surface area (Å²) in [4.78, 5) is 32.1. The van der Waals surface area contributed by atoms with Crippen molar-refractivity contribution in [2.24, 2.45) is 0 Å². The predicted octanol–water partition coefficient (Wildman–Crippen LogP) is 0.404. The molecule has 0 aliphatic carbocycles. The van der Waals surface area contributed by atoms with Crippen LogP contribution in [0.15, 0.2) is 11.8 Å². The predicted molar refractivity (Wildman–Crippen MR) is 45.0 cm³/mol. The van der Waals surface area contributed by atoms with Crippen LogP contribution in [0, 0.1) is 0 Å². The molecule has 72 valence electrons. The minimum Gasteiger partial charge on any atom is -0.453 e. The van der Waals surface area contributed by atoms with E-state index >= 15 is 0 Å². The zero-order chi connectivity index (χ0) is 10.4. The summed E-state index contributed by atoms with van der Waals surface area (Å²) in [5, 5.41) is 2.13. The van der Waals surface area contributed by atoms with Crippen molar-refractivity contribution in [2.75, 3.05) is 7.11 Å². The van der Waals surface area contributed by atoms with Crippen molar-refractivity contribution in [3.63, 3.8) is 0 Å². The summed E-state index contributed by atoms with van der Waals surface area (Å²) in [5.41, 5.74) is -0.0700. The van der Waals surface area contributed by atoms with Gasteiger partial charge in [-0.15, -0.1) is 0 Å².